The van der Waals surface area contributed by atoms with Crippen LogP contribution in [0.4, 0.5) is 5.69 Å². The lowest BCUT2D eigenvalue weighted by Gasteiger charge is -2.04. The zero-order valence-electron chi connectivity index (χ0n) is 9.40. The molecule has 2 rings (SSSR count). The fourth-order valence-electron chi connectivity index (χ4n) is 1.43. The third-order valence-electron chi connectivity index (χ3n) is 2.19. The number of aryl methyl sites for hydroxylation is 2. The van der Waals surface area contributed by atoms with E-state index in [1.165, 1.54) is 0 Å². The Morgan fingerprint density at radius 3 is 2.82 bits per heavy atom. The van der Waals surface area contributed by atoms with Gasteiger partial charge >= 0.3 is 4.87 Å². The van der Waals surface area contributed by atoms with Crippen LogP contribution in [-0.4, -0.2) is 15.9 Å². The summed E-state index contributed by atoms with van der Waals surface area (Å²) >= 11 is 0.907. The van der Waals surface area contributed by atoms with Crippen LogP contribution in [-0.2, 0) is 0 Å². The molecule has 0 bridgehead atoms. The summed E-state index contributed by atoms with van der Waals surface area (Å²) in [6.45, 7) is 3.54. The summed E-state index contributed by atoms with van der Waals surface area (Å²) in [6, 6.07) is 3.47. The maximum absolute atomic E-state index is 11.9. The number of hydrogen-bond donors (Lipinski definition) is 2. The molecule has 0 aliphatic carbocycles. The molecule has 2 aromatic rings. The Balaban J connectivity index is 2.23. The van der Waals surface area contributed by atoms with E-state index in [4.69, 9.17) is 0 Å². The van der Waals surface area contributed by atoms with Crippen molar-refractivity contribution in [1.29, 1.82) is 0 Å². The number of pyridine rings is 1. The summed E-state index contributed by atoms with van der Waals surface area (Å²) in [4.78, 5) is 29.8. The molecule has 0 spiro atoms. The predicted octanol–water partition coefficient (Wildman–Crippen LogP) is 1.70. The Bertz CT molecular complexity index is 615. The highest BCUT2D eigenvalue weighted by Gasteiger charge is 2.13. The van der Waals surface area contributed by atoms with E-state index in [2.05, 4.69) is 15.3 Å². The van der Waals surface area contributed by atoms with Crippen molar-refractivity contribution in [3.63, 3.8) is 0 Å². The SMILES string of the molecule is Cc1cc(NC(=O)c2sc(=O)[nH]c2C)ccn1. The molecule has 0 saturated heterocycles. The number of carbonyl (C=O) groups excluding carboxylic acids is 1. The molecule has 2 N–H and O–H groups in total. The molecule has 0 saturated carbocycles. The van der Waals surface area contributed by atoms with Crippen LogP contribution < -0.4 is 10.2 Å². The van der Waals surface area contributed by atoms with Crippen molar-refractivity contribution in [2.75, 3.05) is 5.32 Å². The van der Waals surface area contributed by atoms with E-state index in [-0.39, 0.29) is 10.8 Å². The summed E-state index contributed by atoms with van der Waals surface area (Å²) in [7, 11) is 0. The minimum atomic E-state index is -0.281. The fraction of sp³-hybridized carbons (Fsp3) is 0.182. The van der Waals surface area contributed by atoms with Crippen molar-refractivity contribution in [1.82, 2.24) is 9.97 Å². The summed E-state index contributed by atoms with van der Waals surface area (Å²) in [6.07, 6.45) is 1.62. The molecule has 6 heteroatoms. The highest BCUT2D eigenvalue weighted by atomic mass is 32.1. The van der Waals surface area contributed by atoms with Crippen LogP contribution in [0.25, 0.3) is 0 Å². The van der Waals surface area contributed by atoms with Gasteiger partial charge in [-0.25, -0.2) is 0 Å². The average molecular weight is 249 g/mol. The van der Waals surface area contributed by atoms with Gasteiger partial charge in [0.1, 0.15) is 4.88 Å². The molecule has 17 heavy (non-hydrogen) atoms. The summed E-state index contributed by atoms with van der Waals surface area (Å²) in [5, 5.41) is 2.73. The van der Waals surface area contributed by atoms with Gasteiger partial charge in [-0.1, -0.05) is 11.3 Å². The van der Waals surface area contributed by atoms with Gasteiger partial charge in [0.25, 0.3) is 5.91 Å². The van der Waals surface area contributed by atoms with Gasteiger partial charge in [-0.3, -0.25) is 14.6 Å². The Hall–Kier alpha value is -1.95. The van der Waals surface area contributed by atoms with Crippen LogP contribution in [0.1, 0.15) is 21.1 Å². The molecule has 5 nitrogen and oxygen atoms in total. The number of aromatic amines is 1. The normalized spacial score (nSPS) is 10.2. The van der Waals surface area contributed by atoms with Gasteiger partial charge in [0.15, 0.2) is 0 Å². The van der Waals surface area contributed by atoms with E-state index in [0.29, 0.717) is 16.3 Å². The van der Waals surface area contributed by atoms with Gasteiger partial charge in [0, 0.05) is 23.3 Å². The van der Waals surface area contributed by atoms with E-state index >= 15 is 0 Å². The van der Waals surface area contributed by atoms with Gasteiger partial charge in [-0.05, 0) is 26.0 Å². The fourth-order valence-corrected chi connectivity index (χ4v) is 2.17. The van der Waals surface area contributed by atoms with Crippen LogP contribution >= 0.6 is 11.3 Å². The molecule has 2 aromatic heterocycles. The average Bonchev–Trinajstić information content (AvgIpc) is 2.58. The molecular weight excluding hydrogens is 238 g/mol. The first-order valence-electron chi connectivity index (χ1n) is 5.00. The minimum absolute atomic E-state index is 0.224. The molecule has 1 amide bonds. The second kappa shape index (κ2) is 4.50. The third kappa shape index (κ3) is 2.59. The number of rotatable bonds is 2. The van der Waals surface area contributed by atoms with E-state index in [0.717, 1.165) is 17.0 Å². The Morgan fingerprint density at radius 1 is 1.47 bits per heavy atom. The molecule has 0 aliphatic heterocycles. The Labute approximate surface area is 102 Å². The maximum Gasteiger partial charge on any atom is 0.305 e. The largest absolute Gasteiger partial charge is 0.321 e. The van der Waals surface area contributed by atoms with E-state index in [1.807, 2.05) is 6.92 Å². The summed E-state index contributed by atoms with van der Waals surface area (Å²) < 4.78 is 0. The third-order valence-corrected chi connectivity index (χ3v) is 3.17. The predicted molar refractivity (Wildman–Crippen MR) is 66.6 cm³/mol. The molecule has 88 valence electrons. The smallest absolute Gasteiger partial charge is 0.305 e. The highest BCUT2D eigenvalue weighted by Crippen LogP contribution is 2.13. The number of amides is 1. The number of H-pyrrole nitrogens is 1. The lowest BCUT2D eigenvalue weighted by molar-refractivity contribution is 0.103. The van der Waals surface area contributed by atoms with Gasteiger partial charge in [-0.2, -0.15) is 0 Å². The monoisotopic (exact) mass is 249 g/mol. The number of thiazole rings is 1. The quantitative estimate of drug-likeness (QED) is 0.850. The van der Waals surface area contributed by atoms with Crippen LogP contribution in [0.2, 0.25) is 0 Å². The van der Waals surface area contributed by atoms with Crippen molar-refractivity contribution in [2.45, 2.75) is 13.8 Å². The summed E-state index contributed by atoms with van der Waals surface area (Å²) in [5.74, 6) is -0.281. The number of nitrogens with one attached hydrogen (secondary N) is 2. The van der Waals surface area contributed by atoms with Crippen LogP contribution in [0.5, 0.6) is 0 Å². The van der Waals surface area contributed by atoms with Crippen LogP contribution in [0, 0.1) is 13.8 Å². The van der Waals surface area contributed by atoms with Gasteiger partial charge in [0.2, 0.25) is 0 Å². The molecule has 2 heterocycles. The zero-order chi connectivity index (χ0) is 12.4. The molecule has 0 aliphatic rings. The molecular formula is C11H11N3O2S. The number of nitrogens with zero attached hydrogens (tertiary/aromatic N) is 1. The second-order valence-corrected chi connectivity index (χ2v) is 4.59. The van der Waals surface area contributed by atoms with Gasteiger partial charge in [-0.15, -0.1) is 0 Å². The van der Waals surface area contributed by atoms with Crippen LogP contribution in [0.15, 0.2) is 23.1 Å². The number of anilines is 1. The second-order valence-electron chi connectivity index (χ2n) is 3.61. The first-order chi connectivity index (χ1) is 8.06. The van der Waals surface area contributed by atoms with Crippen molar-refractivity contribution >= 4 is 22.9 Å². The van der Waals surface area contributed by atoms with E-state index < -0.39 is 0 Å². The highest BCUT2D eigenvalue weighted by molar-refractivity contribution is 7.11. The van der Waals surface area contributed by atoms with Crippen LogP contribution in [0.3, 0.4) is 0 Å². The molecule has 0 atom stereocenters. The molecule has 0 fully saturated rings. The number of hydrogen-bond acceptors (Lipinski definition) is 4. The standard InChI is InChI=1S/C11H11N3O2S/c1-6-5-8(3-4-12-6)14-10(15)9-7(2)13-11(16)17-9/h3-5H,1-2H3,(H,13,16)(H,12,14,15). The number of aromatic nitrogens is 2. The number of carbonyl (C=O) groups is 1. The first-order valence-corrected chi connectivity index (χ1v) is 5.81. The summed E-state index contributed by atoms with van der Waals surface area (Å²) in [5.41, 5.74) is 2.08. The Kier molecular flexibility index (Phi) is 3.06. The molecule has 0 aromatic carbocycles. The van der Waals surface area contributed by atoms with Crippen molar-refractivity contribution in [3.05, 3.63) is 44.3 Å². The topological polar surface area (TPSA) is 74.8 Å². The lowest BCUT2D eigenvalue weighted by Crippen LogP contribution is -2.11. The van der Waals surface area contributed by atoms with Gasteiger partial charge in [0.05, 0.1) is 0 Å². The van der Waals surface area contributed by atoms with Crippen molar-refractivity contribution in [3.8, 4) is 0 Å². The zero-order valence-corrected chi connectivity index (χ0v) is 10.2. The lowest BCUT2D eigenvalue weighted by atomic mass is 10.3. The minimum Gasteiger partial charge on any atom is -0.321 e. The molecule has 0 radical (unpaired) electrons. The van der Waals surface area contributed by atoms with Gasteiger partial charge < -0.3 is 10.3 Å². The van der Waals surface area contributed by atoms with E-state index in [9.17, 15) is 9.59 Å². The van der Waals surface area contributed by atoms with Crippen molar-refractivity contribution in [2.24, 2.45) is 0 Å². The molecule has 0 unspecified atom stereocenters. The Morgan fingerprint density at radius 2 is 2.24 bits per heavy atom. The maximum atomic E-state index is 11.9. The van der Waals surface area contributed by atoms with Crippen molar-refractivity contribution < 1.29 is 4.79 Å². The first kappa shape index (κ1) is 11.5. The van der Waals surface area contributed by atoms with E-state index in [1.54, 1.807) is 25.3 Å².